The molecule has 102 valence electrons. The monoisotopic (exact) mass is 249 g/mol. The van der Waals surface area contributed by atoms with Gasteiger partial charge in [0.15, 0.2) is 0 Å². The summed E-state index contributed by atoms with van der Waals surface area (Å²) in [5.41, 5.74) is 1.36. The van der Waals surface area contributed by atoms with Crippen LogP contribution in [0.4, 0.5) is 0 Å². The van der Waals surface area contributed by atoms with Gasteiger partial charge in [-0.2, -0.15) is 0 Å². The lowest BCUT2D eigenvalue weighted by Gasteiger charge is -2.27. The fourth-order valence-electron chi connectivity index (χ4n) is 2.14. The smallest absolute Gasteiger partial charge is 0.0270 e. The Morgan fingerprint density at radius 1 is 1.33 bits per heavy atom. The second-order valence-corrected chi connectivity index (χ2v) is 5.15. The van der Waals surface area contributed by atoms with Crippen LogP contribution in [0.15, 0.2) is 24.5 Å². The van der Waals surface area contributed by atoms with Crippen molar-refractivity contribution in [1.82, 2.24) is 15.2 Å². The number of likely N-dealkylation sites (N-methyl/N-ethyl adjacent to an activating group) is 2. The minimum Gasteiger partial charge on any atom is -0.315 e. The number of hydrogen-bond donors (Lipinski definition) is 1. The molecule has 0 aliphatic rings. The maximum atomic E-state index is 4.04. The number of rotatable bonds is 8. The molecule has 1 rings (SSSR count). The fraction of sp³-hybridized carbons (Fsp3) is 0.667. The van der Waals surface area contributed by atoms with Gasteiger partial charge in [0.05, 0.1) is 0 Å². The summed E-state index contributed by atoms with van der Waals surface area (Å²) in [4.78, 5) is 6.46. The van der Waals surface area contributed by atoms with Gasteiger partial charge in [0.25, 0.3) is 0 Å². The van der Waals surface area contributed by atoms with Gasteiger partial charge in [-0.3, -0.25) is 4.98 Å². The Balaban J connectivity index is 2.34. The van der Waals surface area contributed by atoms with Crippen molar-refractivity contribution in [2.75, 3.05) is 27.2 Å². The minimum absolute atomic E-state index is 0.581. The molecule has 3 heteroatoms. The van der Waals surface area contributed by atoms with Gasteiger partial charge in [-0.05, 0) is 44.1 Å². The van der Waals surface area contributed by atoms with Crippen LogP contribution in [-0.2, 0) is 6.42 Å². The van der Waals surface area contributed by atoms with Crippen LogP contribution < -0.4 is 5.32 Å². The second-order valence-electron chi connectivity index (χ2n) is 5.15. The van der Waals surface area contributed by atoms with Crippen molar-refractivity contribution in [3.63, 3.8) is 0 Å². The summed E-state index contributed by atoms with van der Waals surface area (Å²) in [5, 5.41) is 3.43. The van der Waals surface area contributed by atoms with Crippen LogP contribution in [0.2, 0.25) is 0 Å². The molecule has 2 unspecified atom stereocenters. The Morgan fingerprint density at radius 2 is 2.00 bits per heavy atom. The molecular weight excluding hydrogens is 222 g/mol. The van der Waals surface area contributed by atoms with Crippen LogP contribution in [0.5, 0.6) is 0 Å². The van der Waals surface area contributed by atoms with Gasteiger partial charge in [0.1, 0.15) is 0 Å². The number of nitrogens with zero attached hydrogens (tertiary/aromatic N) is 2. The number of pyridine rings is 1. The van der Waals surface area contributed by atoms with Crippen molar-refractivity contribution in [2.24, 2.45) is 5.92 Å². The van der Waals surface area contributed by atoms with Crippen molar-refractivity contribution < 1.29 is 0 Å². The summed E-state index contributed by atoms with van der Waals surface area (Å²) in [6, 6.07) is 4.77. The molecule has 3 nitrogen and oxygen atoms in total. The number of aromatic nitrogens is 1. The van der Waals surface area contributed by atoms with Gasteiger partial charge in [-0.15, -0.1) is 0 Å². The lowest BCUT2D eigenvalue weighted by atomic mass is 9.99. The second kappa shape index (κ2) is 8.22. The fourth-order valence-corrected chi connectivity index (χ4v) is 2.14. The number of hydrogen-bond acceptors (Lipinski definition) is 3. The van der Waals surface area contributed by atoms with Crippen LogP contribution in [-0.4, -0.2) is 43.1 Å². The zero-order valence-corrected chi connectivity index (χ0v) is 12.2. The van der Waals surface area contributed by atoms with Crippen LogP contribution in [0.25, 0.3) is 0 Å². The predicted molar refractivity (Wildman–Crippen MR) is 77.7 cm³/mol. The molecule has 2 atom stereocenters. The lowest BCUT2D eigenvalue weighted by molar-refractivity contribution is 0.254. The molecule has 1 aromatic rings. The van der Waals surface area contributed by atoms with E-state index in [4.69, 9.17) is 0 Å². The molecule has 1 heterocycles. The minimum atomic E-state index is 0.581. The molecule has 1 aromatic heterocycles. The molecule has 0 saturated heterocycles. The Morgan fingerprint density at radius 3 is 2.56 bits per heavy atom. The Bertz CT molecular complexity index is 313. The third kappa shape index (κ3) is 5.15. The molecule has 0 aromatic carbocycles. The summed E-state index contributed by atoms with van der Waals surface area (Å²) in [6.07, 6.45) is 6.05. The van der Waals surface area contributed by atoms with E-state index < -0.39 is 0 Å². The Labute approximate surface area is 112 Å². The average Bonchev–Trinajstić information content (AvgIpc) is 2.42. The van der Waals surface area contributed by atoms with Crippen LogP contribution in [0, 0.1) is 5.92 Å². The van der Waals surface area contributed by atoms with E-state index in [0.29, 0.717) is 6.04 Å². The quantitative estimate of drug-likeness (QED) is 0.765. The van der Waals surface area contributed by atoms with E-state index >= 15 is 0 Å². The highest BCUT2D eigenvalue weighted by Gasteiger charge is 2.15. The molecule has 0 aliphatic heterocycles. The summed E-state index contributed by atoms with van der Waals surface area (Å²) < 4.78 is 0. The molecule has 0 fully saturated rings. The zero-order valence-electron chi connectivity index (χ0n) is 12.2. The molecule has 0 radical (unpaired) electrons. The normalized spacial score (nSPS) is 14.7. The van der Waals surface area contributed by atoms with E-state index in [1.165, 1.54) is 12.0 Å². The standard InChI is InChI=1S/C15H27N3/c1-5-13(2)15(16-3)12-18(4)11-8-14-6-9-17-10-7-14/h6-7,9-10,13,15-16H,5,8,11-12H2,1-4H3. The molecule has 18 heavy (non-hydrogen) atoms. The number of nitrogens with one attached hydrogen (secondary N) is 1. The highest BCUT2D eigenvalue weighted by Crippen LogP contribution is 2.08. The molecule has 0 amide bonds. The maximum Gasteiger partial charge on any atom is 0.0270 e. The van der Waals surface area contributed by atoms with Gasteiger partial charge >= 0.3 is 0 Å². The summed E-state index contributed by atoms with van der Waals surface area (Å²) in [7, 11) is 4.27. The van der Waals surface area contributed by atoms with Gasteiger partial charge in [0.2, 0.25) is 0 Å². The first-order chi connectivity index (χ1) is 8.67. The van der Waals surface area contributed by atoms with Crippen LogP contribution in [0.1, 0.15) is 25.8 Å². The van der Waals surface area contributed by atoms with Crippen LogP contribution >= 0.6 is 0 Å². The SMILES string of the molecule is CCC(C)C(CN(C)CCc1ccncc1)NC. The topological polar surface area (TPSA) is 28.2 Å². The molecule has 0 saturated carbocycles. The first-order valence-corrected chi connectivity index (χ1v) is 6.92. The molecule has 0 spiro atoms. The highest BCUT2D eigenvalue weighted by molar-refractivity contribution is 5.09. The molecule has 0 bridgehead atoms. The maximum absolute atomic E-state index is 4.04. The summed E-state index contributed by atoms with van der Waals surface area (Å²) in [5.74, 6) is 0.721. The van der Waals surface area contributed by atoms with E-state index in [1.54, 1.807) is 0 Å². The Kier molecular flexibility index (Phi) is 6.91. The van der Waals surface area contributed by atoms with Crippen molar-refractivity contribution >= 4 is 0 Å². The van der Waals surface area contributed by atoms with E-state index in [0.717, 1.165) is 25.4 Å². The summed E-state index contributed by atoms with van der Waals surface area (Å²) in [6.45, 7) is 6.78. The third-order valence-corrected chi connectivity index (χ3v) is 3.74. The van der Waals surface area contributed by atoms with Gasteiger partial charge in [0, 0.05) is 31.5 Å². The first-order valence-electron chi connectivity index (χ1n) is 6.92. The first kappa shape index (κ1) is 15.1. The van der Waals surface area contributed by atoms with Crippen molar-refractivity contribution in [1.29, 1.82) is 0 Å². The molecule has 0 aliphatic carbocycles. The predicted octanol–water partition coefficient (Wildman–Crippen LogP) is 2.19. The van der Waals surface area contributed by atoms with Crippen molar-refractivity contribution in [3.8, 4) is 0 Å². The van der Waals surface area contributed by atoms with E-state index in [2.05, 4.69) is 55.3 Å². The molecule has 1 N–H and O–H groups in total. The highest BCUT2D eigenvalue weighted by atomic mass is 15.1. The van der Waals surface area contributed by atoms with E-state index in [-0.39, 0.29) is 0 Å². The van der Waals surface area contributed by atoms with Crippen molar-refractivity contribution in [3.05, 3.63) is 30.1 Å². The van der Waals surface area contributed by atoms with E-state index in [1.807, 2.05) is 12.4 Å². The average molecular weight is 249 g/mol. The van der Waals surface area contributed by atoms with E-state index in [9.17, 15) is 0 Å². The molecular formula is C15H27N3. The zero-order chi connectivity index (χ0) is 13.4. The largest absolute Gasteiger partial charge is 0.315 e. The third-order valence-electron chi connectivity index (χ3n) is 3.74. The van der Waals surface area contributed by atoms with Gasteiger partial charge in [-0.1, -0.05) is 20.3 Å². The Hall–Kier alpha value is -0.930. The van der Waals surface area contributed by atoms with Gasteiger partial charge in [-0.25, -0.2) is 0 Å². The summed E-state index contributed by atoms with van der Waals surface area (Å²) >= 11 is 0. The van der Waals surface area contributed by atoms with Crippen LogP contribution in [0.3, 0.4) is 0 Å². The van der Waals surface area contributed by atoms with Gasteiger partial charge < -0.3 is 10.2 Å². The lowest BCUT2D eigenvalue weighted by Crippen LogP contribution is -2.42. The van der Waals surface area contributed by atoms with Crippen molar-refractivity contribution in [2.45, 2.75) is 32.7 Å².